The molecule has 0 aliphatic heterocycles. The number of hydrogen-bond donors (Lipinski definition) is 12. The standard InChI is InChI=1S/C32H44N8O6.4C2HF3O2/c33-13-3-1-5-25(35)31(45)37-15-11-27(41)39-19-7-9-21-23(17-19)29(43)22-10-8-20(18-24(22)30(21)44)40-28(42)12-16-38-32(46)26(36)6-2-4-14-34;4*3-2(4,5)1(6)7/h7-10,17-18,25-26H,1-6,11-16,33-36H2,(H,37,45)(H,38,46)(H,39,41)(H,40,42);4*(H,6,7)/t25-,26-;;;;/m0..../s1. The van der Waals surface area contributed by atoms with E-state index < -0.39 is 84.0 Å². The highest BCUT2D eigenvalue weighted by Crippen LogP contribution is 2.31. The zero-order valence-corrected chi connectivity index (χ0v) is 37.8. The summed E-state index contributed by atoms with van der Waals surface area (Å²) in [6.07, 6.45) is -16.3. The molecule has 0 fully saturated rings. The van der Waals surface area contributed by atoms with Gasteiger partial charge >= 0.3 is 48.6 Å². The molecule has 0 aromatic heterocycles. The van der Waals surface area contributed by atoms with Crippen molar-refractivity contribution in [3.05, 3.63) is 58.7 Å². The summed E-state index contributed by atoms with van der Waals surface area (Å²) in [6.45, 7) is 1.23. The van der Waals surface area contributed by atoms with Gasteiger partial charge in [0, 0.05) is 59.6 Å². The molecule has 22 nitrogen and oxygen atoms in total. The molecule has 0 heterocycles. The number of carbonyl (C=O) groups is 10. The van der Waals surface area contributed by atoms with Crippen LogP contribution in [0.2, 0.25) is 0 Å². The maximum Gasteiger partial charge on any atom is 0.490 e. The molecule has 0 saturated carbocycles. The van der Waals surface area contributed by atoms with Crippen molar-refractivity contribution in [2.24, 2.45) is 22.9 Å². The summed E-state index contributed by atoms with van der Waals surface area (Å²) in [5, 5.41) is 39.1. The molecular weight excluding hydrogens is 1040 g/mol. The highest BCUT2D eigenvalue weighted by atomic mass is 19.4. The van der Waals surface area contributed by atoms with E-state index in [4.69, 9.17) is 62.5 Å². The fraction of sp³-hybridized carbons (Fsp3) is 0.450. The van der Waals surface area contributed by atoms with E-state index in [0.29, 0.717) is 37.3 Å². The van der Waals surface area contributed by atoms with Crippen LogP contribution in [0.3, 0.4) is 0 Å². The number of anilines is 2. The number of aliphatic carboxylic acids is 4. The molecule has 4 amide bonds. The van der Waals surface area contributed by atoms with Crippen LogP contribution >= 0.6 is 0 Å². The predicted molar refractivity (Wildman–Crippen MR) is 229 cm³/mol. The molecule has 0 bridgehead atoms. The predicted octanol–water partition coefficient (Wildman–Crippen LogP) is 2.80. The molecule has 2 aromatic rings. The second kappa shape index (κ2) is 31.9. The third-order valence-corrected chi connectivity index (χ3v) is 8.47. The van der Waals surface area contributed by atoms with Gasteiger partial charge in [0.15, 0.2) is 11.6 Å². The number of benzene rings is 2. The van der Waals surface area contributed by atoms with Crippen molar-refractivity contribution in [1.29, 1.82) is 0 Å². The van der Waals surface area contributed by atoms with Gasteiger partial charge in [-0.15, -0.1) is 0 Å². The summed E-state index contributed by atoms with van der Waals surface area (Å²) in [5.41, 5.74) is 23.9. The molecule has 2 aromatic carbocycles. The van der Waals surface area contributed by atoms with Gasteiger partial charge in [0.2, 0.25) is 23.6 Å². The van der Waals surface area contributed by atoms with Gasteiger partial charge in [0.25, 0.3) is 0 Å². The van der Waals surface area contributed by atoms with E-state index in [2.05, 4.69) is 21.3 Å². The number of rotatable bonds is 18. The first kappa shape index (κ1) is 68.6. The summed E-state index contributed by atoms with van der Waals surface area (Å²) in [7, 11) is 0. The Balaban J connectivity index is 0. The van der Waals surface area contributed by atoms with Crippen molar-refractivity contribution >= 4 is 70.4 Å². The number of hydrogen-bond acceptors (Lipinski definition) is 14. The minimum absolute atomic E-state index is 0.0162. The molecule has 3 rings (SSSR count). The van der Waals surface area contributed by atoms with E-state index in [0.717, 1.165) is 25.7 Å². The molecule has 0 spiro atoms. The van der Waals surface area contributed by atoms with Crippen LogP contribution in [0.25, 0.3) is 0 Å². The van der Waals surface area contributed by atoms with Crippen LogP contribution < -0.4 is 44.2 Å². The normalized spacial score (nSPS) is 12.5. The van der Waals surface area contributed by atoms with Crippen LogP contribution in [0.1, 0.15) is 83.2 Å². The number of carboxylic acids is 4. The minimum atomic E-state index is -5.08. The monoisotopic (exact) mass is 1090 g/mol. The number of unbranched alkanes of at least 4 members (excludes halogenated alkanes) is 2. The van der Waals surface area contributed by atoms with Crippen molar-refractivity contribution in [2.75, 3.05) is 36.8 Å². The van der Waals surface area contributed by atoms with Gasteiger partial charge in [0.1, 0.15) is 0 Å². The third-order valence-electron chi connectivity index (χ3n) is 8.47. The topological polar surface area (TPSA) is 404 Å². The van der Waals surface area contributed by atoms with E-state index in [9.17, 15) is 81.5 Å². The number of amides is 4. The maximum atomic E-state index is 13.3. The van der Waals surface area contributed by atoms with E-state index in [1.54, 1.807) is 0 Å². The molecule has 416 valence electrons. The Labute approximate surface area is 408 Å². The first-order valence-corrected chi connectivity index (χ1v) is 20.5. The van der Waals surface area contributed by atoms with Crippen LogP contribution in [-0.4, -0.2) is 142 Å². The zero-order chi connectivity index (χ0) is 57.9. The van der Waals surface area contributed by atoms with E-state index in [1.807, 2.05) is 0 Å². The lowest BCUT2D eigenvalue weighted by atomic mass is 9.83. The van der Waals surface area contributed by atoms with Gasteiger partial charge in [-0.05, 0) is 75.2 Å². The van der Waals surface area contributed by atoms with Crippen molar-refractivity contribution in [3.8, 4) is 0 Å². The molecule has 16 N–H and O–H groups in total. The average molecular weight is 1090 g/mol. The summed E-state index contributed by atoms with van der Waals surface area (Å²) in [6, 6.07) is 7.50. The lowest BCUT2D eigenvalue weighted by Gasteiger charge is -2.19. The lowest BCUT2D eigenvalue weighted by Crippen LogP contribution is -2.41. The van der Waals surface area contributed by atoms with Crippen LogP contribution in [0.5, 0.6) is 0 Å². The quantitative estimate of drug-likeness (QED) is 0.0643. The molecule has 74 heavy (non-hydrogen) atoms. The Morgan fingerprint density at radius 1 is 0.459 bits per heavy atom. The second-order valence-electron chi connectivity index (χ2n) is 14.4. The van der Waals surface area contributed by atoms with Crippen molar-refractivity contribution < 1.29 is 121 Å². The Morgan fingerprint density at radius 3 is 0.946 bits per heavy atom. The highest BCUT2D eigenvalue weighted by Gasteiger charge is 2.40. The van der Waals surface area contributed by atoms with Crippen molar-refractivity contribution in [1.82, 2.24) is 10.6 Å². The van der Waals surface area contributed by atoms with Crippen LogP contribution in [-0.2, 0) is 38.4 Å². The second-order valence-corrected chi connectivity index (χ2v) is 14.4. The van der Waals surface area contributed by atoms with Crippen molar-refractivity contribution in [3.63, 3.8) is 0 Å². The maximum absolute atomic E-state index is 13.3. The Bertz CT molecular complexity index is 2070. The van der Waals surface area contributed by atoms with Gasteiger partial charge in [-0.1, -0.05) is 12.8 Å². The fourth-order valence-electron chi connectivity index (χ4n) is 4.89. The highest BCUT2D eigenvalue weighted by molar-refractivity contribution is 6.29. The van der Waals surface area contributed by atoms with Crippen LogP contribution in [0.4, 0.5) is 64.1 Å². The average Bonchev–Trinajstić information content (AvgIpc) is 3.27. The summed E-state index contributed by atoms with van der Waals surface area (Å²) >= 11 is 0. The number of carboxylic acid groups (broad SMARTS) is 4. The fourth-order valence-corrected chi connectivity index (χ4v) is 4.89. The number of halogens is 12. The molecule has 34 heteroatoms. The molecule has 1 aliphatic rings. The molecule has 1 aliphatic carbocycles. The number of nitrogens with one attached hydrogen (secondary N) is 4. The number of alkyl halides is 12. The Hall–Kier alpha value is -7.46. The Kier molecular flexibility index (Phi) is 29.6. The third kappa shape index (κ3) is 28.0. The first-order valence-electron chi connectivity index (χ1n) is 20.5. The van der Waals surface area contributed by atoms with Gasteiger partial charge < -0.3 is 64.6 Å². The molecule has 2 atom stereocenters. The number of carbonyl (C=O) groups excluding carboxylic acids is 6. The van der Waals surface area contributed by atoms with E-state index in [-0.39, 0.29) is 60.0 Å². The van der Waals surface area contributed by atoms with Crippen LogP contribution in [0.15, 0.2) is 36.4 Å². The summed E-state index contributed by atoms with van der Waals surface area (Å²) in [4.78, 5) is 111. The van der Waals surface area contributed by atoms with E-state index in [1.165, 1.54) is 36.4 Å². The summed E-state index contributed by atoms with van der Waals surface area (Å²) < 4.78 is 127. The lowest BCUT2D eigenvalue weighted by molar-refractivity contribution is -0.193. The number of nitrogens with two attached hydrogens (primary N) is 4. The Morgan fingerprint density at radius 2 is 0.716 bits per heavy atom. The van der Waals surface area contributed by atoms with E-state index >= 15 is 0 Å². The molecular formula is C40H48F12N8O14. The molecule has 0 saturated heterocycles. The SMILES string of the molecule is NCCCC[C@H](N)C(=O)NCCC(=O)Nc1ccc2c(c1)C(=O)c1ccc(NC(=O)CCNC(=O)[C@@H](N)CCCCN)cc1C2=O.O=C(O)C(F)(F)F.O=C(O)C(F)(F)F.O=C(O)C(F)(F)F.O=C(O)C(F)(F)F. The summed E-state index contributed by atoms with van der Waals surface area (Å²) in [5.74, 6) is -13.3. The largest absolute Gasteiger partial charge is 0.490 e. The number of fused-ring (bicyclic) bond motifs is 2. The molecule has 0 radical (unpaired) electrons. The van der Waals surface area contributed by atoms with Gasteiger partial charge in [0.05, 0.1) is 12.1 Å². The first-order chi connectivity index (χ1) is 33.8. The molecule has 0 unspecified atom stereocenters. The minimum Gasteiger partial charge on any atom is -0.475 e. The zero-order valence-electron chi connectivity index (χ0n) is 37.8. The van der Waals surface area contributed by atoms with Gasteiger partial charge in [-0.25, -0.2) is 19.2 Å². The van der Waals surface area contributed by atoms with Crippen molar-refractivity contribution in [2.45, 2.75) is 88.2 Å². The van der Waals surface area contributed by atoms with Gasteiger partial charge in [-0.2, -0.15) is 52.7 Å². The smallest absolute Gasteiger partial charge is 0.475 e. The van der Waals surface area contributed by atoms with Gasteiger partial charge in [-0.3, -0.25) is 28.8 Å². The van der Waals surface area contributed by atoms with Crippen LogP contribution in [0, 0.1) is 0 Å². The number of ketones is 2.